The molecule has 0 radical (unpaired) electrons. The molecule has 1 atom stereocenters. The fraction of sp³-hybridized carbons (Fsp3) is 0.379. The van der Waals surface area contributed by atoms with Gasteiger partial charge in [0.2, 0.25) is 0 Å². The fourth-order valence-corrected chi connectivity index (χ4v) is 4.97. The zero-order valence-corrected chi connectivity index (χ0v) is 22.2. The normalized spacial score (nSPS) is 14.6. The van der Waals surface area contributed by atoms with E-state index in [-0.39, 0.29) is 36.6 Å². The van der Waals surface area contributed by atoms with Gasteiger partial charge in [-0.2, -0.15) is 0 Å². The van der Waals surface area contributed by atoms with Crippen LogP contribution in [0.2, 0.25) is 5.02 Å². The SMILES string of the molecule is COc1cc(C(=O)NCC(CO)(c2ccc(OC)c(-c3ccc(F)c(Cl)c3)n2)C2CC2)ccc1CCCO. The van der Waals surface area contributed by atoms with Crippen LogP contribution in [0, 0.1) is 11.7 Å². The van der Waals surface area contributed by atoms with E-state index in [2.05, 4.69) is 5.32 Å². The first-order valence-electron chi connectivity index (χ1n) is 12.5. The van der Waals surface area contributed by atoms with Crippen molar-refractivity contribution in [3.05, 3.63) is 76.2 Å². The van der Waals surface area contributed by atoms with Crippen molar-refractivity contribution in [1.82, 2.24) is 10.3 Å². The summed E-state index contributed by atoms with van der Waals surface area (Å²) in [6.45, 7) is 0.0277. The van der Waals surface area contributed by atoms with Crippen molar-refractivity contribution in [2.24, 2.45) is 5.92 Å². The van der Waals surface area contributed by atoms with Crippen LogP contribution in [0.3, 0.4) is 0 Å². The highest BCUT2D eigenvalue weighted by atomic mass is 35.5. The largest absolute Gasteiger partial charge is 0.496 e. The Morgan fingerprint density at radius 2 is 1.87 bits per heavy atom. The molecule has 0 spiro atoms. The van der Waals surface area contributed by atoms with E-state index in [0.717, 1.165) is 18.4 Å². The minimum atomic E-state index is -0.814. The number of nitrogens with zero attached hydrogens (tertiary/aromatic N) is 1. The molecule has 1 saturated carbocycles. The lowest BCUT2D eigenvalue weighted by atomic mass is 9.79. The van der Waals surface area contributed by atoms with Crippen LogP contribution in [-0.4, -0.2) is 55.1 Å². The molecule has 1 heterocycles. The molecule has 3 aromatic rings. The van der Waals surface area contributed by atoms with Gasteiger partial charge in [0.1, 0.15) is 23.0 Å². The van der Waals surface area contributed by atoms with E-state index in [1.807, 2.05) is 6.07 Å². The van der Waals surface area contributed by atoms with Gasteiger partial charge in [0.25, 0.3) is 5.91 Å². The average Bonchev–Trinajstić information content (AvgIpc) is 3.79. The molecular weight excluding hydrogens is 511 g/mol. The summed E-state index contributed by atoms with van der Waals surface area (Å²) in [5, 5.41) is 22.7. The second kappa shape index (κ2) is 12.1. The molecule has 1 aliphatic carbocycles. The van der Waals surface area contributed by atoms with Gasteiger partial charge < -0.3 is 25.0 Å². The van der Waals surface area contributed by atoms with Gasteiger partial charge in [-0.1, -0.05) is 17.7 Å². The Morgan fingerprint density at radius 1 is 1.11 bits per heavy atom. The standard InChI is InChI=1S/C29H32ClFN2O5/c1-37-24-11-12-26(33-27(24)19-7-10-23(31)22(30)14-19)29(17-35,21-8-9-21)16-32-28(36)20-6-5-18(4-3-13-34)25(15-20)38-2/h5-7,10-12,14-15,21,34-35H,3-4,8-9,13,16-17H2,1-2H3,(H,32,36). The van der Waals surface area contributed by atoms with E-state index in [4.69, 9.17) is 31.2 Å². The zero-order chi connectivity index (χ0) is 27.3. The molecule has 1 aromatic heterocycles. The number of carbonyl (C=O) groups excluding carboxylic acids is 1. The van der Waals surface area contributed by atoms with Crippen molar-refractivity contribution in [3.63, 3.8) is 0 Å². The summed E-state index contributed by atoms with van der Waals surface area (Å²) in [6, 6.07) is 13.1. The number of rotatable bonds is 12. The number of ether oxygens (including phenoxy) is 2. The molecule has 202 valence electrons. The number of halogens is 2. The number of methoxy groups -OCH3 is 2. The van der Waals surface area contributed by atoms with E-state index in [1.165, 1.54) is 19.2 Å². The molecule has 1 fully saturated rings. The minimum Gasteiger partial charge on any atom is -0.496 e. The van der Waals surface area contributed by atoms with Crippen molar-refractivity contribution in [2.45, 2.75) is 31.1 Å². The Labute approximate surface area is 226 Å². The molecule has 0 saturated heterocycles. The third-order valence-corrected chi connectivity index (χ3v) is 7.43. The number of aromatic nitrogens is 1. The zero-order valence-electron chi connectivity index (χ0n) is 21.5. The number of aryl methyl sites for hydroxylation is 1. The predicted octanol–water partition coefficient (Wildman–Crippen LogP) is 4.55. The molecule has 4 rings (SSSR count). The number of benzene rings is 2. The van der Waals surface area contributed by atoms with E-state index in [9.17, 15) is 14.3 Å². The Morgan fingerprint density at radius 3 is 2.50 bits per heavy atom. The topological polar surface area (TPSA) is 101 Å². The highest BCUT2D eigenvalue weighted by Crippen LogP contribution is 2.47. The van der Waals surface area contributed by atoms with Crippen LogP contribution in [-0.2, 0) is 11.8 Å². The Balaban J connectivity index is 1.63. The van der Waals surface area contributed by atoms with Crippen molar-refractivity contribution >= 4 is 17.5 Å². The molecule has 2 aromatic carbocycles. The lowest BCUT2D eigenvalue weighted by Crippen LogP contribution is -2.46. The first kappa shape index (κ1) is 27.8. The summed E-state index contributed by atoms with van der Waals surface area (Å²) in [6.07, 6.45) is 3.04. The van der Waals surface area contributed by atoms with E-state index >= 15 is 0 Å². The van der Waals surface area contributed by atoms with Crippen LogP contribution in [0.25, 0.3) is 11.3 Å². The summed E-state index contributed by atoms with van der Waals surface area (Å²) < 4.78 is 24.8. The Kier molecular flexibility index (Phi) is 8.87. The lowest BCUT2D eigenvalue weighted by Gasteiger charge is -2.32. The number of nitrogens with one attached hydrogen (secondary N) is 1. The van der Waals surface area contributed by atoms with Gasteiger partial charge in [-0.25, -0.2) is 9.37 Å². The third kappa shape index (κ3) is 5.77. The lowest BCUT2D eigenvalue weighted by molar-refractivity contribution is 0.0919. The van der Waals surface area contributed by atoms with Gasteiger partial charge in [0.05, 0.1) is 37.0 Å². The second-order valence-corrected chi connectivity index (χ2v) is 9.91. The van der Waals surface area contributed by atoms with Crippen molar-refractivity contribution in [2.75, 3.05) is 34.0 Å². The van der Waals surface area contributed by atoms with Gasteiger partial charge in [-0.3, -0.25) is 4.79 Å². The monoisotopic (exact) mass is 542 g/mol. The number of aliphatic hydroxyl groups is 2. The third-order valence-electron chi connectivity index (χ3n) is 7.14. The molecule has 38 heavy (non-hydrogen) atoms. The number of carbonyl (C=O) groups is 1. The van der Waals surface area contributed by atoms with E-state index in [1.54, 1.807) is 37.4 Å². The van der Waals surface area contributed by atoms with Gasteiger partial charge in [0, 0.05) is 24.3 Å². The summed E-state index contributed by atoms with van der Waals surface area (Å²) in [5.74, 6) is 0.370. The van der Waals surface area contributed by atoms with Crippen LogP contribution in [0.5, 0.6) is 11.5 Å². The maximum absolute atomic E-state index is 13.8. The molecule has 0 bridgehead atoms. The number of amides is 1. The van der Waals surface area contributed by atoms with Crippen LogP contribution >= 0.6 is 11.6 Å². The highest BCUT2D eigenvalue weighted by Gasteiger charge is 2.47. The highest BCUT2D eigenvalue weighted by molar-refractivity contribution is 6.31. The first-order chi connectivity index (χ1) is 18.4. The minimum absolute atomic E-state index is 0.0301. The van der Waals surface area contributed by atoms with Crippen LogP contribution in [0.1, 0.15) is 40.9 Å². The van der Waals surface area contributed by atoms with Crippen LogP contribution < -0.4 is 14.8 Å². The van der Waals surface area contributed by atoms with Crippen molar-refractivity contribution in [3.8, 4) is 22.8 Å². The summed E-state index contributed by atoms with van der Waals surface area (Å²) in [7, 11) is 3.07. The average molecular weight is 543 g/mol. The maximum Gasteiger partial charge on any atom is 0.251 e. The second-order valence-electron chi connectivity index (χ2n) is 9.50. The molecule has 1 amide bonds. The smallest absolute Gasteiger partial charge is 0.251 e. The molecule has 3 N–H and O–H groups in total. The molecule has 1 aliphatic rings. The number of hydrogen-bond acceptors (Lipinski definition) is 6. The Hall–Kier alpha value is -3.20. The summed E-state index contributed by atoms with van der Waals surface area (Å²) >= 11 is 6.02. The van der Waals surface area contributed by atoms with Crippen molar-refractivity contribution in [1.29, 1.82) is 0 Å². The molecule has 7 nitrogen and oxygen atoms in total. The first-order valence-corrected chi connectivity index (χ1v) is 12.9. The van der Waals surface area contributed by atoms with Crippen LogP contribution in [0.4, 0.5) is 4.39 Å². The Bertz CT molecular complexity index is 1300. The molecule has 1 unspecified atom stereocenters. The van der Waals surface area contributed by atoms with Gasteiger partial charge in [-0.05, 0) is 79.6 Å². The maximum atomic E-state index is 13.8. The van der Waals surface area contributed by atoms with Gasteiger partial charge >= 0.3 is 0 Å². The number of aliphatic hydroxyl groups excluding tert-OH is 2. The molecule has 0 aliphatic heterocycles. The van der Waals surface area contributed by atoms with E-state index in [0.29, 0.717) is 46.9 Å². The van der Waals surface area contributed by atoms with Crippen LogP contribution in [0.15, 0.2) is 48.5 Å². The van der Waals surface area contributed by atoms with Crippen molar-refractivity contribution < 1.29 is 28.9 Å². The molecule has 9 heteroatoms. The fourth-order valence-electron chi connectivity index (χ4n) is 4.79. The van der Waals surface area contributed by atoms with Gasteiger partial charge in [0.15, 0.2) is 0 Å². The van der Waals surface area contributed by atoms with E-state index < -0.39 is 11.2 Å². The predicted molar refractivity (Wildman–Crippen MR) is 143 cm³/mol. The molecular formula is C29H32ClFN2O5. The summed E-state index contributed by atoms with van der Waals surface area (Å²) in [5.41, 5.74) is 2.19. The number of hydrogen-bond donors (Lipinski definition) is 3. The van der Waals surface area contributed by atoms with Gasteiger partial charge in [-0.15, -0.1) is 0 Å². The number of pyridine rings is 1. The quantitative estimate of drug-likeness (QED) is 0.310. The summed E-state index contributed by atoms with van der Waals surface area (Å²) in [4.78, 5) is 18.0.